The van der Waals surface area contributed by atoms with E-state index in [4.69, 9.17) is 5.26 Å². The third-order valence-electron chi connectivity index (χ3n) is 3.58. The number of rotatable bonds is 3. The molecule has 1 fully saturated rings. The van der Waals surface area contributed by atoms with Crippen molar-refractivity contribution in [2.45, 2.75) is 44.7 Å². The maximum Gasteiger partial charge on any atom is 0.0672 e. The summed E-state index contributed by atoms with van der Waals surface area (Å²) in [4.78, 5) is 4.13. The van der Waals surface area contributed by atoms with E-state index in [1.807, 2.05) is 12.3 Å². The van der Waals surface area contributed by atoms with Gasteiger partial charge < -0.3 is 5.32 Å². The van der Waals surface area contributed by atoms with Crippen LogP contribution in [-0.4, -0.2) is 11.0 Å². The number of pyridine rings is 1. The SMILES string of the molecule is CC(NC1CCCCC1C#N)c1cccnc1. The number of hydrogen-bond donors (Lipinski definition) is 1. The maximum atomic E-state index is 9.14. The quantitative estimate of drug-likeness (QED) is 0.867. The van der Waals surface area contributed by atoms with Gasteiger partial charge in [0.1, 0.15) is 0 Å². The molecule has 1 saturated carbocycles. The molecule has 0 aliphatic heterocycles. The summed E-state index contributed by atoms with van der Waals surface area (Å²) < 4.78 is 0. The van der Waals surface area contributed by atoms with Gasteiger partial charge in [-0.15, -0.1) is 0 Å². The number of aromatic nitrogens is 1. The Bertz CT molecular complexity index is 382. The molecule has 3 atom stereocenters. The first-order valence-electron chi connectivity index (χ1n) is 6.37. The Morgan fingerprint density at radius 2 is 2.29 bits per heavy atom. The number of nitrogens with one attached hydrogen (secondary N) is 1. The minimum atomic E-state index is 0.169. The lowest BCUT2D eigenvalue weighted by atomic mass is 9.85. The van der Waals surface area contributed by atoms with Gasteiger partial charge in [0.15, 0.2) is 0 Å². The molecule has 1 heterocycles. The van der Waals surface area contributed by atoms with Crippen LogP contribution in [0.4, 0.5) is 0 Å². The molecule has 1 aliphatic rings. The van der Waals surface area contributed by atoms with Gasteiger partial charge in [0.25, 0.3) is 0 Å². The van der Waals surface area contributed by atoms with Crippen LogP contribution in [0.5, 0.6) is 0 Å². The first-order chi connectivity index (χ1) is 8.31. The molecular weight excluding hydrogens is 210 g/mol. The molecule has 1 N–H and O–H groups in total. The van der Waals surface area contributed by atoms with Crippen molar-refractivity contribution in [2.24, 2.45) is 5.92 Å². The van der Waals surface area contributed by atoms with Gasteiger partial charge in [-0.3, -0.25) is 4.98 Å². The second-order valence-electron chi connectivity index (χ2n) is 4.80. The van der Waals surface area contributed by atoms with Crippen molar-refractivity contribution in [1.82, 2.24) is 10.3 Å². The molecule has 0 bridgehead atoms. The molecule has 1 aromatic heterocycles. The van der Waals surface area contributed by atoms with E-state index in [1.54, 1.807) is 6.20 Å². The zero-order chi connectivity index (χ0) is 12.1. The van der Waals surface area contributed by atoms with E-state index in [2.05, 4.69) is 29.4 Å². The highest BCUT2D eigenvalue weighted by atomic mass is 15.0. The normalized spacial score (nSPS) is 26.1. The lowest BCUT2D eigenvalue weighted by Gasteiger charge is -2.30. The molecule has 0 saturated heterocycles. The molecule has 2 rings (SSSR count). The summed E-state index contributed by atoms with van der Waals surface area (Å²) in [5.41, 5.74) is 1.19. The summed E-state index contributed by atoms with van der Waals surface area (Å²) in [6, 6.07) is 7.07. The van der Waals surface area contributed by atoms with Gasteiger partial charge in [-0.1, -0.05) is 18.9 Å². The van der Waals surface area contributed by atoms with Crippen LogP contribution in [0.2, 0.25) is 0 Å². The van der Waals surface area contributed by atoms with Crippen molar-refractivity contribution in [3.63, 3.8) is 0 Å². The molecule has 0 radical (unpaired) electrons. The Kier molecular flexibility index (Phi) is 4.11. The summed E-state index contributed by atoms with van der Waals surface area (Å²) >= 11 is 0. The zero-order valence-electron chi connectivity index (χ0n) is 10.3. The Balaban J connectivity index is 1.98. The average Bonchev–Trinajstić information content (AvgIpc) is 2.40. The monoisotopic (exact) mass is 229 g/mol. The lowest BCUT2D eigenvalue weighted by molar-refractivity contribution is 0.292. The van der Waals surface area contributed by atoms with Crippen LogP contribution in [0.25, 0.3) is 0 Å². The average molecular weight is 229 g/mol. The molecule has 17 heavy (non-hydrogen) atoms. The fourth-order valence-corrected chi connectivity index (χ4v) is 2.53. The van der Waals surface area contributed by atoms with Crippen molar-refractivity contribution in [1.29, 1.82) is 5.26 Å². The van der Waals surface area contributed by atoms with E-state index in [0.29, 0.717) is 6.04 Å². The topological polar surface area (TPSA) is 48.7 Å². The van der Waals surface area contributed by atoms with Gasteiger partial charge >= 0.3 is 0 Å². The van der Waals surface area contributed by atoms with E-state index >= 15 is 0 Å². The number of nitrogens with zero attached hydrogens (tertiary/aromatic N) is 2. The molecule has 1 aliphatic carbocycles. The van der Waals surface area contributed by atoms with Gasteiger partial charge in [0.05, 0.1) is 12.0 Å². The molecule has 1 aromatic rings. The van der Waals surface area contributed by atoms with E-state index < -0.39 is 0 Å². The first kappa shape index (κ1) is 12.1. The molecule has 0 aromatic carbocycles. The fraction of sp³-hybridized carbons (Fsp3) is 0.571. The van der Waals surface area contributed by atoms with Gasteiger partial charge in [-0.25, -0.2) is 0 Å². The van der Waals surface area contributed by atoms with Crippen LogP contribution >= 0.6 is 0 Å². The largest absolute Gasteiger partial charge is 0.306 e. The van der Waals surface area contributed by atoms with Crippen molar-refractivity contribution in [3.05, 3.63) is 30.1 Å². The van der Waals surface area contributed by atoms with Crippen molar-refractivity contribution < 1.29 is 0 Å². The van der Waals surface area contributed by atoms with Crippen molar-refractivity contribution in [2.75, 3.05) is 0 Å². The molecule has 3 heteroatoms. The first-order valence-corrected chi connectivity index (χ1v) is 6.37. The van der Waals surface area contributed by atoms with Crippen LogP contribution in [-0.2, 0) is 0 Å². The summed E-state index contributed by atoms with van der Waals surface area (Å²) in [6.45, 7) is 2.14. The number of nitriles is 1. The smallest absolute Gasteiger partial charge is 0.0672 e. The summed E-state index contributed by atoms with van der Waals surface area (Å²) in [5, 5.41) is 12.7. The molecule has 0 spiro atoms. The molecule has 3 nitrogen and oxygen atoms in total. The van der Waals surface area contributed by atoms with Crippen LogP contribution < -0.4 is 5.32 Å². The standard InChI is InChI=1S/C14H19N3/c1-11(13-6-4-8-16-10-13)17-14-7-3-2-5-12(14)9-15/h4,6,8,10-12,14,17H,2-3,5,7H2,1H3. The highest BCUT2D eigenvalue weighted by Crippen LogP contribution is 2.26. The van der Waals surface area contributed by atoms with E-state index in [9.17, 15) is 0 Å². The van der Waals surface area contributed by atoms with Gasteiger partial charge in [-0.05, 0) is 31.4 Å². The lowest BCUT2D eigenvalue weighted by Crippen LogP contribution is -2.39. The minimum Gasteiger partial charge on any atom is -0.306 e. The van der Waals surface area contributed by atoms with E-state index in [0.717, 1.165) is 12.8 Å². The van der Waals surface area contributed by atoms with Gasteiger partial charge in [0, 0.05) is 24.5 Å². The number of hydrogen-bond acceptors (Lipinski definition) is 3. The van der Waals surface area contributed by atoms with Gasteiger partial charge in [-0.2, -0.15) is 5.26 Å². The third kappa shape index (κ3) is 3.04. The van der Waals surface area contributed by atoms with Crippen molar-refractivity contribution >= 4 is 0 Å². The van der Waals surface area contributed by atoms with Crippen LogP contribution in [0.1, 0.15) is 44.2 Å². The van der Waals surface area contributed by atoms with Gasteiger partial charge in [0.2, 0.25) is 0 Å². The predicted octanol–water partition coefficient (Wildman–Crippen LogP) is 2.81. The van der Waals surface area contributed by atoms with Crippen molar-refractivity contribution in [3.8, 4) is 6.07 Å². The third-order valence-corrected chi connectivity index (χ3v) is 3.58. The molecule has 90 valence electrons. The zero-order valence-corrected chi connectivity index (χ0v) is 10.3. The van der Waals surface area contributed by atoms with E-state index in [-0.39, 0.29) is 12.0 Å². The van der Waals surface area contributed by atoms with Crippen LogP contribution in [0, 0.1) is 17.2 Å². The Labute approximate surface area is 103 Å². The predicted molar refractivity (Wildman–Crippen MR) is 67.1 cm³/mol. The second-order valence-corrected chi connectivity index (χ2v) is 4.80. The van der Waals surface area contributed by atoms with Crippen LogP contribution in [0.3, 0.4) is 0 Å². The Hall–Kier alpha value is -1.40. The molecular formula is C14H19N3. The highest BCUT2D eigenvalue weighted by molar-refractivity contribution is 5.13. The summed E-state index contributed by atoms with van der Waals surface area (Å²) in [6.07, 6.45) is 8.25. The molecule has 0 amide bonds. The highest BCUT2D eigenvalue weighted by Gasteiger charge is 2.26. The fourth-order valence-electron chi connectivity index (χ4n) is 2.53. The Morgan fingerprint density at radius 1 is 1.47 bits per heavy atom. The maximum absolute atomic E-state index is 9.14. The minimum absolute atomic E-state index is 0.169. The summed E-state index contributed by atoms with van der Waals surface area (Å²) in [5.74, 6) is 0.169. The Morgan fingerprint density at radius 3 is 3.00 bits per heavy atom. The second kappa shape index (κ2) is 5.79. The van der Waals surface area contributed by atoms with Crippen LogP contribution in [0.15, 0.2) is 24.5 Å². The molecule has 3 unspecified atom stereocenters. The summed E-state index contributed by atoms with van der Waals surface area (Å²) in [7, 11) is 0. The van der Waals surface area contributed by atoms with E-state index in [1.165, 1.54) is 18.4 Å².